The molecule has 0 unspecified atom stereocenters. The molecule has 1 aromatic rings. The molecule has 16 heavy (non-hydrogen) atoms. The lowest BCUT2D eigenvalue weighted by Gasteiger charge is -2.11. The minimum absolute atomic E-state index is 0.455. The van der Waals surface area contributed by atoms with Crippen LogP contribution >= 0.6 is 0 Å². The van der Waals surface area contributed by atoms with Gasteiger partial charge in [-0.1, -0.05) is 0 Å². The van der Waals surface area contributed by atoms with E-state index in [9.17, 15) is 4.79 Å². The molecule has 0 fully saturated rings. The van der Waals surface area contributed by atoms with Crippen molar-refractivity contribution in [2.24, 2.45) is 0 Å². The lowest BCUT2D eigenvalue weighted by atomic mass is 10.2. The largest absolute Gasteiger partial charge is 0.490 e. The second kappa shape index (κ2) is 6.85. The monoisotopic (exact) mass is 224 g/mol. The minimum Gasteiger partial charge on any atom is -0.490 e. The van der Waals surface area contributed by atoms with Gasteiger partial charge in [0.2, 0.25) is 0 Å². The highest BCUT2D eigenvalue weighted by atomic mass is 16.5. The molecule has 4 nitrogen and oxygen atoms in total. The number of carbonyl (C=O) groups is 1. The van der Waals surface area contributed by atoms with Crippen molar-refractivity contribution in [1.82, 2.24) is 0 Å². The fraction of sp³-hybridized carbons (Fsp3) is 0.417. The molecule has 0 saturated carbocycles. The molecular weight excluding hydrogens is 208 g/mol. The molecule has 0 bridgehead atoms. The van der Waals surface area contributed by atoms with E-state index in [1.165, 1.54) is 0 Å². The first-order valence-electron chi connectivity index (χ1n) is 5.15. The topological polar surface area (TPSA) is 44.8 Å². The van der Waals surface area contributed by atoms with Crippen molar-refractivity contribution in [3.8, 4) is 11.5 Å². The van der Waals surface area contributed by atoms with E-state index in [2.05, 4.69) is 0 Å². The average Bonchev–Trinajstić information content (AvgIpc) is 2.31. The predicted octanol–water partition coefficient (Wildman–Crippen LogP) is 1.92. The number of rotatable bonds is 7. The third kappa shape index (κ3) is 3.55. The van der Waals surface area contributed by atoms with Crippen molar-refractivity contribution >= 4 is 6.29 Å². The standard InChI is InChI=1S/C12H16O4/c1-3-15-12-8-10(9-13)4-5-11(12)16-7-6-14-2/h4-5,8-9H,3,6-7H2,1-2H3. The summed E-state index contributed by atoms with van der Waals surface area (Å²) in [6, 6.07) is 5.08. The van der Waals surface area contributed by atoms with E-state index in [1.807, 2.05) is 6.92 Å². The summed E-state index contributed by atoms with van der Waals surface area (Å²) in [5, 5.41) is 0. The van der Waals surface area contributed by atoms with Crippen molar-refractivity contribution in [3.63, 3.8) is 0 Å². The lowest BCUT2D eigenvalue weighted by molar-refractivity contribution is 0.112. The van der Waals surface area contributed by atoms with Crippen molar-refractivity contribution in [1.29, 1.82) is 0 Å². The fourth-order valence-electron chi connectivity index (χ4n) is 1.22. The molecule has 0 aliphatic carbocycles. The van der Waals surface area contributed by atoms with Gasteiger partial charge in [0, 0.05) is 12.7 Å². The van der Waals surface area contributed by atoms with Gasteiger partial charge in [-0.15, -0.1) is 0 Å². The van der Waals surface area contributed by atoms with Gasteiger partial charge in [0.15, 0.2) is 11.5 Å². The SMILES string of the molecule is CCOc1cc(C=O)ccc1OCCOC. The van der Waals surface area contributed by atoms with E-state index in [0.29, 0.717) is 36.9 Å². The first-order valence-corrected chi connectivity index (χ1v) is 5.15. The molecule has 0 aromatic heterocycles. The quantitative estimate of drug-likeness (QED) is 0.524. The number of hydrogen-bond acceptors (Lipinski definition) is 4. The second-order valence-corrected chi connectivity index (χ2v) is 3.10. The van der Waals surface area contributed by atoms with E-state index in [-0.39, 0.29) is 0 Å². The maximum atomic E-state index is 10.6. The van der Waals surface area contributed by atoms with Gasteiger partial charge >= 0.3 is 0 Å². The van der Waals surface area contributed by atoms with Gasteiger partial charge < -0.3 is 14.2 Å². The number of benzene rings is 1. The van der Waals surface area contributed by atoms with Crippen LogP contribution in [0.3, 0.4) is 0 Å². The van der Waals surface area contributed by atoms with E-state index >= 15 is 0 Å². The third-order valence-corrected chi connectivity index (χ3v) is 1.95. The predicted molar refractivity (Wildman–Crippen MR) is 60.4 cm³/mol. The average molecular weight is 224 g/mol. The van der Waals surface area contributed by atoms with Crippen LogP contribution in [-0.2, 0) is 4.74 Å². The highest BCUT2D eigenvalue weighted by Crippen LogP contribution is 2.27. The maximum Gasteiger partial charge on any atom is 0.161 e. The van der Waals surface area contributed by atoms with Crippen molar-refractivity contribution in [2.75, 3.05) is 26.9 Å². The molecule has 0 atom stereocenters. The Kier molecular flexibility index (Phi) is 5.36. The van der Waals surface area contributed by atoms with Crippen molar-refractivity contribution < 1.29 is 19.0 Å². The fourth-order valence-corrected chi connectivity index (χ4v) is 1.22. The Balaban J connectivity index is 2.76. The van der Waals surface area contributed by atoms with Crippen LogP contribution in [-0.4, -0.2) is 33.2 Å². The van der Waals surface area contributed by atoms with Crippen molar-refractivity contribution in [2.45, 2.75) is 6.92 Å². The summed E-state index contributed by atoms with van der Waals surface area (Å²) < 4.78 is 15.7. The van der Waals surface area contributed by atoms with E-state index in [1.54, 1.807) is 25.3 Å². The Morgan fingerprint density at radius 3 is 2.62 bits per heavy atom. The molecule has 1 aromatic carbocycles. The second-order valence-electron chi connectivity index (χ2n) is 3.10. The zero-order valence-corrected chi connectivity index (χ0v) is 9.56. The molecule has 0 heterocycles. The summed E-state index contributed by atoms with van der Waals surface area (Å²) in [6.07, 6.45) is 0.779. The first kappa shape index (κ1) is 12.5. The zero-order valence-electron chi connectivity index (χ0n) is 9.56. The van der Waals surface area contributed by atoms with Gasteiger partial charge in [-0.2, -0.15) is 0 Å². The highest BCUT2D eigenvalue weighted by Gasteiger charge is 2.05. The summed E-state index contributed by atoms with van der Waals surface area (Å²) in [6.45, 7) is 3.38. The molecule has 88 valence electrons. The third-order valence-electron chi connectivity index (χ3n) is 1.95. The van der Waals surface area contributed by atoms with Gasteiger partial charge in [0.05, 0.1) is 13.2 Å². The van der Waals surface area contributed by atoms with Crippen molar-refractivity contribution in [3.05, 3.63) is 23.8 Å². The number of hydrogen-bond donors (Lipinski definition) is 0. The van der Waals surface area contributed by atoms with Crippen LogP contribution in [0.4, 0.5) is 0 Å². The molecule has 0 saturated heterocycles. The molecule has 1 rings (SSSR count). The summed E-state index contributed by atoms with van der Waals surface area (Å²) in [5.74, 6) is 1.22. The summed E-state index contributed by atoms with van der Waals surface area (Å²) in [7, 11) is 1.61. The van der Waals surface area contributed by atoms with Gasteiger partial charge in [0.1, 0.15) is 12.9 Å². The molecular formula is C12H16O4. The van der Waals surface area contributed by atoms with Gasteiger partial charge in [-0.3, -0.25) is 4.79 Å². The summed E-state index contributed by atoms with van der Waals surface area (Å²) >= 11 is 0. The molecule has 4 heteroatoms. The summed E-state index contributed by atoms with van der Waals surface area (Å²) in [5.41, 5.74) is 0.572. The molecule has 0 spiro atoms. The molecule has 0 radical (unpaired) electrons. The molecule has 0 aliphatic rings. The zero-order chi connectivity index (χ0) is 11.8. The van der Waals surface area contributed by atoms with Crippen LogP contribution in [0.2, 0.25) is 0 Å². The van der Waals surface area contributed by atoms with E-state index < -0.39 is 0 Å². The maximum absolute atomic E-state index is 10.6. The van der Waals surface area contributed by atoms with Crippen LogP contribution < -0.4 is 9.47 Å². The van der Waals surface area contributed by atoms with Crippen LogP contribution in [0.1, 0.15) is 17.3 Å². The Morgan fingerprint density at radius 1 is 1.19 bits per heavy atom. The van der Waals surface area contributed by atoms with Crippen LogP contribution in [0.15, 0.2) is 18.2 Å². The normalized spacial score (nSPS) is 9.88. The van der Waals surface area contributed by atoms with Gasteiger partial charge in [-0.05, 0) is 25.1 Å². The lowest BCUT2D eigenvalue weighted by Crippen LogP contribution is -2.06. The molecule has 0 N–H and O–H groups in total. The Morgan fingerprint density at radius 2 is 2.00 bits per heavy atom. The Labute approximate surface area is 95.1 Å². The Hall–Kier alpha value is -1.55. The molecule has 0 amide bonds. The number of ether oxygens (including phenoxy) is 3. The highest BCUT2D eigenvalue weighted by molar-refractivity contribution is 5.76. The van der Waals surface area contributed by atoms with Crippen LogP contribution in [0, 0.1) is 0 Å². The smallest absolute Gasteiger partial charge is 0.161 e. The minimum atomic E-state index is 0.455. The number of carbonyl (C=O) groups excluding carboxylic acids is 1. The first-order chi connectivity index (χ1) is 7.81. The van der Waals surface area contributed by atoms with Gasteiger partial charge in [0.25, 0.3) is 0 Å². The van der Waals surface area contributed by atoms with E-state index in [4.69, 9.17) is 14.2 Å². The van der Waals surface area contributed by atoms with Crippen LogP contribution in [0.25, 0.3) is 0 Å². The number of aldehydes is 1. The molecule has 0 aliphatic heterocycles. The summed E-state index contributed by atoms with van der Waals surface area (Å²) in [4.78, 5) is 10.6. The van der Waals surface area contributed by atoms with E-state index in [0.717, 1.165) is 6.29 Å². The van der Waals surface area contributed by atoms with Crippen LogP contribution in [0.5, 0.6) is 11.5 Å². The number of methoxy groups -OCH3 is 1. The van der Waals surface area contributed by atoms with Gasteiger partial charge in [-0.25, -0.2) is 0 Å². The Bertz CT molecular complexity index is 336.